The Morgan fingerprint density at radius 1 is 0.378 bits per heavy atom. The van der Waals surface area contributed by atoms with Crippen molar-refractivity contribution in [1.82, 2.24) is 4.98 Å². The Kier molecular flexibility index (Phi) is 5.26. The molecule has 0 radical (unpaired) electrons. The van der Waals surface area contributed by atoms with E-state index in [-0.39, 0.29) is 5.92 Å². The number of benzene rings is 5. The van der Waals surface area contributed by atoms with E-state index < -0.39 is 0 Å². The zero-order valence-electron chi connectivity index (χ0n) is 20.4. The summed E-state index contributed by atoms with van der Waals surface area (Å²) in [6, 6.07) is 52.0. The highest BCUT2D eigenvalue weighted by molar-refractivity contribution is 5.84. The normalized spacial score (nSPS) is 13.7. The molecule has 174 valence electrons. The Labute approximate surface area is 217 Å². The quantitative estimate of drug-likeness (QED) is 0.249. The largest absolute Gasteiger partial charge is 0.252 e. The van der Waals surface area contributed by atoms with Crippen molar-refractivity contribution >= 4 is 0 Å². The first kappa shape index (κ1) is 21.5. The maximum atomic E-state index is 5.31. The summed E-state index contributed by atoms with van der Waals surface area (Å²) in [5.74, 6) is 0.0704. The summed E-state index contributed by atoms with van der Waals surface area (Å²) in [5.41, 5.74) is 13.3. The Balaban J connectivity index is 1.46. The topological polar surface area (TPSA) is 12.9 Å². The van der Waals surface area contributed by atoms with Crippen LogP contribution in [0.3, 0.4) is 0 Å². The van der Waals surface area contributed by atoms with Crippen LogP contribution in [0.2, 0.25) is 0 Å². The van der Waals surface area contributed by atoms with Gasteiger partial charge in [0.1, 0.15) is 0 Å². The molecule has 1 nitrogen and oxygen atoms in total. The molecular formula is C36H25N. The van der Waals surface area contributed by atoms with E-state index in [1.54, 1.807) is 0 Å². The van der Waals surface area contributed by atoms with Gasteiger partial charge in [-0.2, -0.15) is 0 Å². The van der Waals surface area contributed by atoms with Gasteiger partial charge in [-0.25, -0.2) is 0 Å². The lowest BCUT2D eigenvalue weighted by Gasteiger charge is -2.17. The molecule has 1 aromatic heterocycles. The van der Waals surface area contributed by atoms with Crippen LogP contribution in [0.5, 0.6) is 0 Å². The standard InChI is InChI=1S/C36H25N/c1-4-12-25(13-5-1)28-20-21-31-30-18-10-11-19-32(30)36(33(31)22-28)35-24-29(26-14-6-2-7-15-26)23-34(37-35)27-16-8-3-9-17-27/h1-24,36H. The van der Waals surface area contributed by atoms with E-state index in [4.69, 9.17) is 4.98 Å². The highest BCUT2D eigenvalue weighted by Gasteiger charge is 2.31. The summed E-state index contributed by atoms with van der Waals surface area (Å²) in [6.45, 7) is 0. The van der Waals surface area contributed by atoms with Crippen LogP contribution in [0.15, 0.2) is 146 Å². The number of aromatic nitrogens is 1. The molecule has 0 bridgehead atoms. The Morgan fingerprint density at radius 2 is 0.946 bits per heavy atom. The lowest BCUT2D eigenvalue weighted by atomic mass is 9.89. The molecule has 0 spiro atoms. The molecule has 1 unspecified atom stereocenters. The summed E-state index contributed by atoms with van der Waals surface area (Å²) < 4.78 is 0. The van der Waals surface area contributed by atoms with Crippen molar-refractivity contribution in [3.63, 3.8) is 0 Å². The van der Waals surface area contributed by atoms with Gasteiger partial charge in [-0.1, -0.05) is 127 Å². The molecule has 0 N–H and O–H groups in total. The number of hydrogen-bond acceptors (Lipinski definition) is 1. The molecule has 7 rings (SSSR count). The summed E-state index contributed by atoms with van der Waals surface area (Å²) in [7, 11) is 0. The highest BCUT2D eigenvalue weighted by atomic mass is 14.7. The van der Waals surface area contributed by atoms with Crippen LogP contribution in [0.1, 0.15) is 22.7 Å². The van der Waals surface area contributed by atoms with Gasteiger partial charge in [-0.15, -0.1) is 0 Å². The molecule has 37 heavy (non-hydrogen) atoms. The number of hydrogen-bond donors (Lipinski definition) is 0. The van der Waals surface area contributed by atoms with E-state index in [1.807, 2.05) is 0 Å². The van der Waals surface area contributed by atoms with Gasteiger partial charge in [0.2, 0.25) is 0 Å². The molecule has 0 aliphatic heterocycles. The lowest BCUT2D eigenvalue weighted by molar-refractivity contribution is 0.949. The number of pyridine rings is 1. The summed E-state index contributed by atoms with van der Waals surface area (Å²) >= 11 is 0. The molecule has 1 heterocycles. The number of fused-ring (bicyclic) bond motifs is 3. The van der Waals surface area contributed by atoms with Crippen molar-refractivity contribution in [2.24, 2.45) is 0 Å². The van der Waals surface area contributed by atoms with Crippen LogP contribution < -0.4 is 0 Å². The maximum absolute atomic E-state index is 5.31. The lowest BCUT2D eigenvalue weighted by Crippen LogP contribution is -2.04. The fraction of sp³-hybridized carbons (Fsp3) is 0.0278. The van der Waals surface area contributed by atoms with Gasteiger partial charge < -0.3 is 0 Å². The van der Waals surface area contributed by atoms with Crippen molar-refractivity contribution in [1.29, 1.82) is 0 Å². The third-order valence-corrected chi connectivity index (χ3v) is 7.35. The smallest absolute Gasteiger partial charge is 0.0711 e. The van der Waals surface area contributed by atoms with E-state index in [1.165, 1.54) is 44.5 Å². The van der Waals surface area contributed by atoms with Crippen molar-refractivity contribution in [3.8, 4) is 44.6 Å². The third kappa shape index (κ3) is 3.86. The van der Waals surface area contributed by atoms with Crippen molar-refractivity contribution in [2.45, 2.75) is 5.92 Å². The predicted octanol–water partition coefficient (Wildman–Crippen LogP) is 9.24. The van der Waals surface area contributed by atoms with E-state index in [0.29, 0.717) is 0 Å². The van der Waals surface area contributed by atoms with E-state index in [9.17, 15) is 0 Å². The minimum absolute atomic E-state index is 0.0704. The molecule has 0 saturated carbocycles. The molecule has 1 aliphatic rings. The van der Waals surface area contributed by atoms with Crippen LogP contribution in [0.25, 0.3) is 44.6 Å². The van der Waals surface area contributed by atoms with Crippen LogP contribution in [0.4, 0.5) is 0 Å². The van der Waals surface area contributed by atoms with Gasteiger partial charge in [0.15, 0.2) is 0 Å². The van der Waals surface area contributed by atoms with Gasteiger partial charge >= 0.3 is 0 Å². The number of rotatable bonds is 4. The fourth-order valence-corrected chi connectivity index (χ4v) is 5.59. The molecule has 0 amide bonds. The van der Waals surface area contributed by atoms with Gasteiger partial charge in [0, 0.05) is 5.56 Å². The third-order valence-electron chi connectivity index (χ3n) is 7.35. The summed E-state index contributed by atoms with van der Waals surface area (Å²) in [6.07, 6.45) is 0. The van der Waals surface area contributed by atoms with Crippen LogP contribution in [-0.2, 0) is 0 Å². The van der Waals surface area contributed by atoms with E-state index >= 15 is 0 Å². The average Bonchev–Trinajstić information content (AvgIpc) is 3.32. The summed E-state index contributed by atoms with van der Waals surface area (Å²) in [4.78, 5) is 5.31. The second-order valence-corrected chi connectivity index (χ2v) is 9.59. The van der Waals surface area contributed by atoms with Crippen LogP contribution in [-0.4, -0.2) is 4.98 Å². The van der Waals surface area contributed by atoms with Crippen LogP contribution in [0, 0.1) is 0 Å². The minimum atomic E-state index is 0.0704. The molecular weight excluding hydrogens is 446 g/mol. The zero-order chi connectivity index (χ0) is 24.6. The average molecular weight is 472 g/mol. The molecule has 1 aliphatic carbocycles. The molecule has 1 atom stereocenters. The molecule has 0 saturated heterocycles. The SMILES string of the molecule is c1ccc(-c2cc(-c3ccccc3)nc(C3c4ccccc4-c4ccc(-c5ccccc5)cc43)c2)cc1. The molecule has 0 fully saturated rings. The monoisotopic (exact) mass is 471 g/mol. The number of nitrogens with zero attached hydrogens (tertiary/aromatic N) is 1. The first-order chi connectivity index (χ1) is 18.3. The Hall–Kier alpha value is -4.75. The van der Waals surface area contributed by atoms with Crippen molar-refractivity contribution in [3.05, 3.63) is 162 Å². The van der Waals surface area contributed by atoms with Gasteiger partial charge in [0.25, 0.3) is 0 Å². The van der Waals surface area contributed by atoms with Gasteiger partial charge in [-0.3, -0.25) is 4.98 Å². The van der Waals surface area contributed by atoms with Crippen LogP contribution >= 0.6 is 0 Å². The predicted molar refractivity (Wildman–Crippen MR) is 153 cm³/mol. The summed E-state index contributed by atoms with van der Waals surface area (Å²) in [5, 5.41) is 0. The van der Waals surface area contributed by atoms with E-state index in [0.717, 1.165) is 17.0 Å². The highest BCUT2D eigenvalue weighted by Crippen LogP contribution is 2.49. The second kappa shape index (κ2) is 9.04. The maximum Gasteiger partial charge on any atom is 0.0711 e. The first-order valence-electron chi connectivity index (χ1n) is 12.8. The second-order valence-electron chi connectivity index (χ2n) is 9.59. The van der Waals surface area contributed by atoms with Gasteiger partial charge in [-0.05, 0) is 62.7 Å². The molecule has 5 aromatic carbocycles. The molecule has 1 heteroatoms. The van der Waals surface area contributed by atoms with E-state index in [2.05, 4.69) is 146 Å². The molecule has 6 aromatic rings. The van der Waals surface area contributed by atoms with Crippen molar-refractivity contribution in [2.75, 3.05) is 0 Å². The minimum Gasteiger partial charge on any atom is -0.252 e. The van der Waals surface area contributed by atoms with Gasteiger partial charge in [0.05, 0.1) is 17.3 Å². The Bertz CT molecular complexity index is 1650. The first-order valence-corrected chi connectivity index (χ1v) is 12.8. The van der Waals surface area contributed by atoms with Crippen molar-refractivity contribution < 1.29 is 0 Å². The Morgan fingerprint density at radius 3 is 1.65 bits per heavy atom. The zero-order valence-corrected chi connectivity index (χ0v) is 20.4. The fourth-order valence-electron chi connectivity index (χ4n) is 5.59.